The molecule has 0 spiro atoms. The van der Waals surface area contributed by atoms with E-state index >= 15 is 0 Å². The summed E-state index contributed by atoms with van der Waals surface area (Å²) >= 11 is 5.95. The summed E-state index contributed by atoms with van der Waals surface area (Å²) in [6, 6.07) is 2.54. The van der Waals surface area contributed by atoms with Crippen molar-refractivity contribution in [2.45, 2.75) is 43.7 Å². The molecule has 1 amide bonds. The zero-order valence-corrected chi connectivity index (χ0v) is 15.4. The standard InChI is InChI=1S/C18H22ClF3N2O3/c19-14-2-1-11(18(20,21)22)9-13(14)17(27)24-8-5-15(16(26)10-24)23-6-3-12(25)4-7-23/h1-2,9,12,15-16,25-26H,3-8,10H2/t15-,16-/m1/s1. The highest BCUT2D eigenvalue weighted by Crippen LogP contribution is 2.32. The van der Waals surface area contributed by atoms with E-state index in [-0.39, 0.29) is 29.3 Å². The van der Waals surface area contributed by atoms with Gasteiger partial charge in [0.25, 0.3) is 5.91 Å². The van der Waals surface area contributed by atoms with Crippen LogP contribution in [0.1, 0.15) is 35.2 Å². The van der Waals surface area contributed by atoms with Crippen LogP contribution in [0.2, 0.25) is 5.02 Å². The first-order valence-electron chi connectivity index (χ1n) is 8.93. The first-order chi connectivity index (χ1) is 12.7. The number of rotatable bonds is 2. The summed E-state index contributed by atoms with van der Waals surface area (Å²) in [4.78, 5) is 16.1. The highest BCUT2D eigenvalue weighted by molar-refractivity contribution is 6.33. The number of amides is 1. The second-order valence-corrected chi connectivity index (χ2v) is 7.54. The van der Waals surface area contributed by atoms with Gasteiger partial charge in [0, 0.05) is 32.2 Å². The fourth-order valence-electron chi connectivity index (χ4n) is 3.78. The lowest BCUT2D eigenvalue weighted by molar-refractivity contribution is -0.137. The van der Waals surface area contributed by atoms with Gasteiger partial charge in [-0.3, -0.25) is 9.69 Å². The van der Waals surface area contributed by atoms with Crippen molar-refractivity contribution < 1.29 is 28.2 Å². The molecule has 2 fully saturated rings. The molecule has 0 radical (unpaired) electrons. The average Bonchev–Trinajstić information content (AvgIpc) is 2.61. The van der Waals surface area contributed by atoms with Crippen LogP contribution in [0.5, 0.6) is 0 Å². The molecule has 150 valence electrons. The van der Waals surface area contributed by atoms with Crippen molar-refractivity contribution in [3.63, 3.8) is 0 Å². The van der Waals surface area contributed by atoms with Crippen LogP contribution in [0, 0.1) is 0 Å². The second kappa shape index (κ2) is 7.95. The highest BCUT2D eigenvalue weighted by Gasteiger charge is 2.37. The molecular formula is C18H22ClF3N2O3. The monoisotopic (exact) mass is 406 g/mol. The van der Waals surface area contributed by atoms with Gasteiger partial charge in [-0.05, 0) is 37.5 Å². The number of aliphatic hydroxyl groups is 2. The van der Waals surface area contributed by atoms with Crippen LogP contribution in [0.15, 0.2) is 18.2 Å². The third-order valence-electron chi connectivity index (χ3n) is 5.33. The number of alkyl halides is 3. The summed E-state index contributed by atoms with van der Waals surface area (Å²) in [5.74, 6) is -0.613. The predicted molar refractivity (Wildman–Crippen MR) is 93.6 cm³/mol. The Morgan fingerprint density at radius 3 is 2.37 bits per heavy atom. The molecule has 0 saturated carbocycles. The minimum absolute atomic E-state index is 0.0368. The number of benzene rings is 1. The molecule has 0 aliphatic carbocycles. The van der Waals surface area contributed by atoms with Gasteiger partial charge in [0.05, 0.1) is 28.4 Å². The number of carbonyl (C=O) groups is 1. The van der Waals surface area contributed by atoms with Crippen LogP contribution in [-0.4, -0.2) is 70.3 Å². The highest BCUT2D eigenvalue weighted by atomic mass is 35.5. The lowest BCUT2D eigenvalue weighted by Gasteiger charge is -2.43. The molecule has 1 aromatic carbocycles. The summed E-state index contributed by atoms with van der Waals surface area (Å²) < 4.78 is 38.8. The molecule has 1 aromatic rings. The minimum atomic E-state index is -4.56. The average molecular weight is 407 g/mol. The van der Waals surface area contributed by atoms with Crippen LogP contribution < -0.4 is 0 Å². The van der Waals surface area contributed by atoms with Crippen molar-refractivity contribution in [2.75, 3.05) is 26.2 Å². The van der Waals surface area contributed by atoms with Crippen molar-refractivity contribution in [2.24, 2.45) is 0 Å². The molecule has 2 aliphatic heterocycles. The molecule has 5 nitrogen and oxygen atoms in total. The molecule has 0 bridgehead atoms. The SMILES string of the molecule is O=C(c1cc(C(F)(F)F)ccc1Cl)N1CC[C@@H](N2CCC(O)CC2)[C@H](O)C1. The number of aliphatic hydroxyl groups excluding tert-OH is 2. The largest absolute Gasteiger partial charge is 0.416 e. The molecule has 9 heteroatoms. The predicted octanol–water partition coefficient (Wildman–Crippen LogP) is 2.39. The first-order valence-corrected chi connectivity index (χ1v) is 9.31. The number of halogens is 4. The van der Waals surface area contributed by atoms with Crippen molar-refractivity contribution in [3.05, 3.63) is 34.3 Å². The van der Waals surface area contributed by atoms with E-state index in [4.69, 9.17) is 11.6 Å². The fourth-order valence-corrected chi connectivity index (χ4v) is 3.98. The Hall–Kier alpha value is -1.35. The van der Waals surface area contributed by atoms with Gasteiger partial charge in [-0.1, -0.05) is 11.6 Å². The van der Waals surface area contributed by atoms with E-state index in [0.29, 0.717) is 38.9 Å². The van der Waals surface area contributed by atoms with Crippen LogP contribution in [-0.2, 0) is 6.18 Å². The molecular weight excluding hydrogens is 385 g/mol. The molecule has 2 saturated heterocycles. The Bertz CT molecular complexity index is 693. The molecule has 2 aliphatic rings. The normalized spacial score (nSPS) is 25.6. The molecule has 27 heavy (non-hydrogen) atoms. The number of hydrogen-bond donors (Lipinski definition) is 2. The lowest BCUT2D eigenvalue weighted by Crippen LogP contribution is -2.57. The molecule has 2 atom stereocenters. The maximum absolute atomic E-state index is 12.9. The first kappa shape index (κ1) is 20.4. The molecule has 3 rings (SSSR count). The summed E-state index contributed by atoms with van der Waals surface area (Å²) in [5, 5.41) is 20.1. The van der Waals surface area contributed by atoms with Crippen LogP contribution in [0.25, 0.3) is 0 Å². The lowest BCUT2D eigenvalue weighted by atomic mass is 9.96. The number of piperidine rings is 2. The number of β-amino-alcohol motifs (C(OH)–C–C–N with tert-alkyl or cyclic N) is 1. The van der Waals surface area contributed by atoms with Crippen molar-refractivity contribution in [1.82, 2.24) is 9.80 Å². The Kier molecular flexibility index (Phi) is 6.00. The second-order valence-electron chi connectivity index (χ2n) is 7.13. The number of carbonyl (C=O) groups excluding carboxylic acids is 1. The Morgan fingerprint density at radius 2 is 1.78 bits per heavy atom. The Labute approximate surface area is 160 Å². The summed E-state index contributed by atoms with van der Waals surface area (Å²) in [6.07, 6.45) is -3.88. The molecule has 0 aromatic heterocycles. The topological polar surface area (TPSA) is 64.0 Å². The summed E-state index contributed by atoms with van der Waals surface area (Å²) in [5.41, 5.74) is -1.14. The van der Waals surface area contributed by atoms with Gasteiger partial charge in [0.2, 0.25) is 0 Å². The van der Waals surface area contributed by atoms with Gasteiger partial charge in [-0.15, -0.1) is 0 Å². The van der Waals surface area contributed by atoms with Crippen LogP contribution >= 0.6 is 11.6 Å². The zero-order valence-electron chi connectivity index (χ0n) is 14.6. The van der Waals surface area contributed by atoms with E-state index in [1.54, 1.807) is 0 Å². The summed E-state index contributed by atoms with van der Waals surface area (Å²) in [6.45, 7) is 1.72. The maximum atomic E-state index is 12.9. The van der Waals surface area contributed by atoms with E-state index in [9.17, 15) is 28.2 Å². The van der Waals surface area contributed by atoms with Gasteiger partial charge in [0.15, 0.2) is 0 Å². The maximum Gasteiger partial charge on any atom is 0.416 e. The summed E-state index contributed by atoms with van der Waals surface area (Å²) in [7, 11) is 0. The number of likely N-dealkylation sites (tertiary alicyclic amines) is 2. The quantitative estimate of drug-likeness (QED) is 0.791. The van der Waals surface area contributed by atoms with E-state index in [1.165, 1.54) is 4.90 Å². The van der Waals surface area contributed by atoms with Gasteiger partial charge in [0.1, 0.15) is 0 Å². The van der Waals surface area contributed by atoms with Crippen LogP contribution in [0.4, 0.5) is 13.2 Å². The molecule has 2 N–H and O–H groups in total. The number of nitrogens with zero attached hydrogens (tertiary/aromatic N) is 2. The van der Waals surface area contributed by atoms with E-state index in [2.05, 4.69) is 4.90 Å². The van der Waals surface area contributed by atoms with E-state index < -0.39 is 23.8 Å². The van der Waals surface area contributed by atoms with Gasteiger partial charge in [-0.25, -0.2) is 0 Å². The van der Waals surface area contributed by atoms with E-state index in [0.717, 1.165) is 18.2 Å². The Balaban J connectivity index is 1.69. The molecule has 2 heterocycles. The Morgan fingerprint density at radius 1 is 1.11 bits per heavy atom. The zero-order chi connectivity index (χ0) is 19.8. The van der Waals surface area contributed by atoms with Crippen LogP contribution in [0.3, 0.4) is 0 Å². The van der Waals surface area contributed by atoms with Crippen molar-refractivity contribution in [3.8, 4) is 0 Å². The van der Waals surface area contributed by atoms with Crippen molar-refractivity contribution >= 4 is 17.5 Å². The fraction of sp³-hybridized carbons (Fsp3) is 0.611. The number of hydrogen-bond acceptors (Lipinski definition) is 4. The molecule has 0 unspecified atom stereocenters. The third kappa shape index (κ3) is 4.56. The smallest absolute Gasteiger partial charge is 0.393 e. The van der Waals surface area contributed by atoms with Gasteiger partial charge < -0.3 is 15.1 Å². The van der Waals surface area contributed by atoms with Gasteiger partial charge >= 0.3 is 6.18 Å². The third-order valence-corrected chi connectivity index (χ3v) is 5.66. The van der Waals surface area contributed by atoms with Gasteiger partial charge in [-0.2, -0.15) is 13.2 Å². The minimum Gasteiger partial charge on any atom is -0.393 e. The van der Waals surface area contributed by atoms with Crippen molar-refractivity contribution in [1.29, 1.82) is 0 Å². The van der Waals surface area contributed by atoms with E-state index in [1.807, 2.05) is 0 Å².